The number of nitrogens with one attached hydrogen (secondary N) is 1. The molecule has 4 rings (SSSR count). The molecular weight excluding hydrogens is 558 g/mol. The molecule has 224 valence electrons. The summed E-state index contributed by atoms with van der Waals surface area (Å²) in [6, 6.07) is 29.8. The number of nitrogens with zero attached hydrogens (tertiary/aromatic N) is 2. The Bertz CT molecular complexity index is 1640. The third kappa shape index (κ3) is 7.90. The summed E-state index contributed by atoms with van der Waals surface area (Å²) in [6.45, 7) is 7.73. The van der Waals surface area contributed by atoms with Gasteiger partial charge in [0, 0.05) is 19.5 Å². The van der Waals surface area contributed by atoms with Crippen LogP contribution in [0.15, 0.2) is 108 Å². The highest BCUT2D eigenvalue weighted by molar-refractivity contribution is 7.92. The molecule has 2 amide bonds. The molecular formula is C35H39N3O4S. The second kappa shape index (κ2) is 14.2. The van der Waals surface area contributed by atoms with E-state index in [4.69, 9.17) is 0 Å². The maximum absolute atomic E-state index is 14.4. The Morgan fingerprint density at radius 2 is 1.40 bits per heavy atom. The predicted molar refractivity (Wildman–Crippen MR) is 171 cm³/mol. The van der Waals surface area contributed by atoms with Crippen LogP contribution in [0, 0.1) is 20.8 Å². The largest absolute Gasteiger partial charge is 0.355 e. The number of amides is 2. The third-order valence-corrected chi connectivity index (χ3v) is 9.27. The number of carbonyl (C=O) groups is 2. The average Bonchev–Trinajstić information content (AvgIpc) is 3.01. The topological polar surface area (TPSA) is 86.8 Å². The van der Waals surface area contributed by atoms with Gasteiger partial charge in [0.15, 0.2) is 0 Å². The molecule has 1 atom stereocenters. The van der Waals surface area contributed by atoms with Gasteiger partial charge in [-0.2, -0.15) is 0 Å². The molecule has 1 N–H and O–H groups in total. The molecule has 0 aliphatic heterocycles. The molecule has 0 heterocycles. The van der Waals surface area contributed by atoms with Crippen molar-refractivity contribution in [1.29, 1.82) is 0 Å². The SMILES string of the molecule is CCNC(=O)[C@H](Cc1ccccc1)N(Cc1ccc(C)cc1)C(=O)CN(c1ccc(C)c(C)c1)S(=O)(=O)c1ccccc1. The lowest BCUT2D eigenvalue weighted by atomic mass is 10.0. The number of hydrogen-bond donors (Lipinski definition) is 1. The van der Waals surface area contributed by atoms with Crippen molar-refractivity contribution in [3.63, 3.8) is 0 Å². The first-order chi connectivity index (χ1) is 20.6. The van der Waals surface area contributed by atoms with Crippen molar-refractivity contribution in [2.45, 2.75) is 51.6 Å². The predicted octanol–water partition coefficient (Wildman–Crippen LogP) is 5.58. The maximum Gasteiger partial charge on any atom is 0.264 e. The molecule has 0 spiro atoms. The molecule has 8 heteroatoms. The smallest absolute Gasteiger partial charge is 0.264 e. The Kier molecular flexibility index (Phi) is 10.4. The van der Waals surface area contributed by atoms with Crippen molar-refractivity contribution in [3.8, 4) is 0 Å². The second-order valence-corrected chi connectivity index (χ2v) is 12.6. The van der Waals surface area contributed by atoms with Crippen LogP contribution in [0.25, 0.3) is 0 Å². The highest BCUT2D eigenvalue weighted by atomic mass is 32.2. The van der Waals surface area contributed by atoms with Crippen molar-refractivity contribution < 1.29 is 18.0 Å². The van der Waals surface area contributed by atoms with Crippen molar-refractivity contribution in [2.75, 3.05) is 17.4 Å². The van der Waals surface area contributed by atoms with Crippen LogP contribution in [0.1, 0.15) is 34.7 Å². The molecule has 0 fully saturated rings. The van der Waals surface area contributed by atoms with Crippen LogP contribution in [0.3, 0.4) is 0 Å². The zero-order valence-corrected chi connectivity index (χ0v) is 26.0. The molecule has 0 radical (unpaired) electrons. The van der Waals surface area contributed by atoms with Crippen LogP contribution in [0.4, 0.5) is 5.69 Å². The third-order valence-electron chi connectivity index (χ3n) is 7.48. The molecule has 7 nitrogen and oxygen atoms in total. The van der Waals surface area contributed by atoms with Crippen molar-refractivity contribution in [3.05, 3.63) is 131 Å². The lowest BCUT2D eigenvalue weighted by Gasteiger charge is -2.34. The summed E-state index contributed by atoms with van der Waals surface area (Å²) < 4.78 is 29.3. The lowest BCUT2D eigenvalue weighted by Crippen LogP contribution is -2.53. The first-order valence-electron chi connectivity index (χ1n) is 14.4. The summed E-state index contributed by atoms with van der Waals surface area (Å²) in [5.41, 5.74) is 5.09. The minimum absolute atomic E-state index is 0.0793. The fourth-order valence-corrected chi connectivity index (χ4v) is 6.29. The zero-order chi connectivity index (χ0) is 31.0. The van der Waals surface area contributed by atoms with Gasteiger partial charge in [-0.3, -0.25) is 13.9 Å². The quantitative estimate of drug-likeness (QED) is 0.231. The van der Waals surface area contributed by atoms with E-state index in [0.717, 1.165) is 32.1 Å². The van der Waals surface area contributed by atoms with Gasteiger partial charge in [0.2, 0.25) is 11.8 Å². The van der Waals surface area contributed by atoms with E-state index in [-0.39, 0.29) is 23.8 Å². The molecule has 0 bridgehead atoms. The van der Waals surface area contributed by atoms with E-state index >= 15 is 0 Å². The minimum atomic E-state index is -4.12. The van der Waals surface area contributed by atoms with Crippen LogP contribution < -0.4 is 9.62 Å². The molecule has 4 aromatic carbocycles. The van der Waals surface area contributed by atoms with E-state index in [1.54, 1.807) is 30.3 Å². The molecule has 4 aromatic rings. The van der Waals surface area contributed by atoms with Crippen LogP contribution in [-0.2, 0) is 32.6 Å². The van der Waals surface area contributed by atoms with Crippen molar-refractivity contribution in [1.82, 2.24) is 10.2 Å². The summed E-state index contributed by atoms with van der Waals surface area (Å²) in [6.07, 6.45) is 0.277. The number of aryl methyl sites for hydroxylation is 3. The normalized spacial score (nSPS) is 11.9. The van der Waals surface area contributed by atoms with Gasteiger partial charge in [-0.15, -0.1) is 0 Å². The molecule has 0 unspecified atom stereocenters. The average molecular weight is 598 g/mol. The molecule has 0 aliphatic carbocycles. The number of sulfonamides is 1. The van der Waals surface area contributed by atoms with Gasteiger partial charge < -0.3 is 10.2 Å². The second-order valence-electron chi connectivity index (χ2n) is 10.7. The van der Waals surface area contributed by atoms with E-state index in [0.29, 0.717) is 12.2 Å². The van der Waals surface area contributed by atoms with E-state index in [9.17, 15) is 18.0 Å². The Hall–Kier alpha value is -4.43. The standard InChI is InChI=1S/C35H39N3O4S/c1-5-36-35(40)33(23-29-12-8-6-9-13-29)37(24-30-19-16-26(2)17-20-30)34(39)25-38(31-21-18-27(3)28(4)22-31)43(41,42)32-14-10-7-11-15-32/h6-22,33H,5,23-25H2,1-4H3,(H,36,40)/t33-/m0/s1. The highest BCUT2D eigenvalue weighted by Crippen LogP contribution is 2.27. The number of hydrogen-bond acceptors (Lipinski definition) is 4. The van der Waals surface area contributed by atoms with Crippen LogP contribution in [0.5, 0.6) is 0 Å². The van der Waals surface area contributed by atoms with Gasteiger partial charge in [0.1, 0.15) is 12.6 Å². The Labute approximate surface area is 255 Å². The number of likely N-dealkylation sites (N-methyl/N-ethyl adjacent to an activating group) is 1. The van der Waals surface area contributed by atoms with Crippen molar-refractivity contribution in [2.24, 2.45) is 0 Å². The van der Waals surface area contributed by atoms with E-state index in [1.807, 2.05) is 88.4 Å². The van der Waals surface area contributed by atoms with Crippen LogP contribution in [-0.4, -0.2) is 44.3 Å². The zero-order valence-electron chi connectivity index (χ0n) is 25.2. The number of rotatable bonds is 12. The number of benzene rings is 4. The Morgan fingerprint density at radius 3 is 2.00 bits per heavy atom. The van der Waals surface area contributed by atoms with Gasteiger partial charge in [-0.25, -0.2) is 8.42 Å². The maximum atomic E-state index is 14.4. The molecule has 0 saturated carbocycles. The molecule has 0 aromatic heterocycles. The summed E-state index contributed by atoms with van der Waals surface area (Å²) in [7, 11) is -4.12. The molecule has 0 aliphatic rings. The van der Waals surface area contributed by atoms with Gasteiger partial charge in [-0.05, 0) is 74.2 Å². The van der Waals surface area contributed by atoms with Gasteiger partial charge >= 0.3 is 0 Å². The first-order valence-corrected chi connectivity index (χ1v) is 15.9. The Balaban J connectivity index is 1.80. The van der Waals surface area contributed by atoms with Gasteiger partial charge in [0.05, 0.1) is 10.6 Å². The highest BCUT2D eigenvalue weighted by Gasteiger charge is 2.34. The van der Waals surface area contributed by atoms with E-state index in [1.165, 1.54) is 17.0 Å². The van der Waals surface area contributed by atoms with Crippen molar-refractivity contribution >= 4 is 27.5 Å². The van der Waals surface area contributed by atoms with E-state index in [2.05, 4.69) is 5.32 Å². The minimum Gasteiger partial charge on any atom is -0.355 e. The van der Waals surface area contributed by atoms with Gasteiger partial charge in [-0.1, -0.05) is 84.4 Å². The van der Waals surface area contributed by atoms with E-state index < -0.39 is 28.5 Å². The van der Waals surface area contributed by atoms with Crippen LogP contribution >= 0.6 is 0 Å². The fourth-order valence-electron chi connectivity index (χ4n) is 4.87. The Morgan fingerprint density at radius 1 is 0.767 bits per heavy atom. The lowest BCUT2D eigenvalue weighted by molar-refractivity contribution is -0.140. The summed E-state index contributed by atoms with van der Waals surface area (Å²) in [5.74, 6) is -0.777. The summed E-state index contributed by atoms with van der Waals surface area (Å²) in [5, 5.41) is 2.89. The molecule has 0 saturated heterocycles. The van der Waals surface area contributed by atoms with Crippen LogP contribution in [0.2, 0.25) is 0 Å². The summed E-state index contributed by atoms with van der Waals surface area (Å²) >= 11 is 0. The number of carbonyl (C=O) groups excluding carboxylic acids is 2. The summed E-state index contributed by atoms with van der Waals surface area (Å²) in [4.78, 5) is 29.6. The number of anilines is 1. The first kappa shape index (κ1) is 31.5. The fraction of sp³-hybridized carbons (Fsp3) is 0.257. The van der Waals surface area contributed by atoms with Gasteiger partial charge in [0.25, 0.3) is 10.0 Å². The monoisotopic (exact) mass is 597 g/mol. The molecule has 43 heavy (non-hydrogen) atoms.